The Morgan fingerprint density at radius 3 is 2.89 bits per heavy atom. The van der Waals surface area contributed by atoms with Gasteiger partial charge >= 0.3 is 0 Å². The van der Waals surface area contributed by atoms with E-state index in [1.807, 2.05) is 24.2 Å². The van der Waals surface area contributed by atoms with Crippen LogP contribution in [0.5, 0.6) is 0 Å². The van der Waals surface area contributed by atoms with E-state index < -0.39 is 0 Å². The molecule has 1 aromatic rings. The van der Waals surface area contributed by atoms with Gasteiger partial charge in [-0.15, -0.1) is 0 Å². The van der Waals surface area contributed by atoms with Gasteiger partial charge in [0, 0.05) is 24.2 Å². The van der Waals surface area contributed by atoms with Gasteiger partial charge < -0.3 is 5.32 Å². The van der Waals surface area contributed by atoms with Gasteiger partial charge in [0.2, 0.25) is 0 Å². The van der Waals surface area contributed by atoms with Crippen LogP contribution in [0, 0.1) is 12.8 Å². The highest BCUT2D eigenvalue weighted by Crippen LogP contribution is 2.30. The van der Waals surface area contributed by atoms with Crippen molar-refractivity contribution in [3.63, 3.8) is 0 Å². The van der Waals surface area contributed by atoms with Crippen LogP contribution in [0.25, 0.3) is 0 Å². The molecule has 1 aromatic heterocycles. The highest BCUT2D eigenvalue weighted by atomic mass is 32.2. The summed E-state index contributed by atoms with van der Waals surface area (Å²) in [6, 6.07) is 2.07. The second-order valence-corrected chi connectivity index (χ2v) is 6.26. The van der Waals surface area contributed by atoms with Gasteiger partial charge in [0.1, 0.15) is 0 Å². The third kappa shape index (κ3) is 3.72. The molecule has 0 radical (unpaired) electrons. The van der Waals surface area contributed by atoms with Crippen molar-refractivity contribution in [1.82, 2.24) is 10.3 Å². The highest BCUT2D eigenvalue weighted by Gasteiger charge is 2.25. The summed E-state index contributed by atoms with van der Waals surface area (Å²) in [7, 11) is 0. The van der Waals surface area contributed by atoms with E-state index in [0.29, 0.717) is 5.25 Å². The Morgan fingerprint density at radius 1 is 1.42 bits per heavy atom. The number of aliphatic imine (C=N–C) groups is 1. The number of aromatic nitrogens is 1. The van der Waals surface area contributed by atoms with Crippen molar-refractivity contribution in [3.05, 3.63) is 29.6 Å². The quantitative estimate of drug-likeness (QED) is 0.896. The van der Waals surface area contributed by atoms with Gasteiger partial charge in [0.25, 0.3) is 0 Å². The van der Waals surface area contributed by atoms with E-state index in [9.17, 15) is 0 Å². The van der Waals surface area contributed by atoms with Gasteiger partial charge in [-0.1, -0.05) is 38.5 Å². The molecular formula is C15H23N3S. The summed E-state index contributed by atoms with van der Waals surface area (Å²) in [5.74, 6) is 0.788. The lowest BCUT2D eigenvalue weighted by Crippen LogP contribution is -2.21. The second-order valence-electron chi connectivity index (χ2n) is 5.03. The zero-order chi connectivity index (χ0) is 13.7. The van der Waals surface area contributed by atoms with Gasteiger partial charge in [-0.25, -0.2) is 0 Å². The first-order chi connectivity index (χ1) is 9.24. The van der Waals surface area contributed by atoms with Crippen molar-refractivity contribution < 1.29 is 0 Å². The minimum absolute atomic E-state index is 0.663. The molecule has 3 nitrogen and oxygen atoms in total. The van der Waals surface area contributed by atoms with Gasteiger partial charge in [0.15, 0.2) is 5.17 Å². The molecular weight excluding hydrogens is 254 g/mol. The fraction of sp³-hybridized carbons (Fsp3) is 0.600. The fourth-order valence-corrected chi connectivity index (χ4v) is 3.74. The molecule has 1 unspecified atom stereocenters. The average molecular weight is 277 g/mol. The van der Waals surface area contributed by atoms with Crippen molar-refractivity contribution in [2.45, 2.75) is 45.4 Å². The minimum atomic E-state index is 0.663. The van der Waals surface area contributed by atoms with Gasteiger partial charge in [-0.2, -0.15) is 0 Å². The molecule has 104 valence electrons. The van der Waals surface area contributed by atoms with E-state index in [1.54, 1.807) is 0 Å². The predicted molar refractivity (Wildman–Crippen MR) is 83.6 cm³/mol. The average Bonchev–Trinajstić information content (AvgIpc) is 2.88. The maximum absolute atomic E-state index is 4.63. The maximum atomic E-state index is 4.63. The van der Waals surface area contributed by atoms with Crippen LogP contribution in [0.1, 0.15) is 37.8 Å². The van der Waals surface area contributed by atoms with E-state index in [-0.39, 0.29) is 0 Å². The van der Waals surface area contributed by atoms with Crippen LogP contribution in [0.3, 0.4) is 0 Å². The van der Waals surface area contributed by atoms with E-state index >= 15 is 0 Å². The summed E-state index contributed by atoms with van der Waals surface area (Å²) < 4.78 is 0. The van der Waals surface area contributed by atoms with Crippen molar-refractivity contribution >= 4 is 16.9 Å². The van der Waals surface area contributed by atoms with Crippen LogP contribution >= 0.6 is 11.8 Å². The number of nitrogens with one attached hydrogen (secondary N) is 1. The minimum Gasteiger partial charge on any atom is -0.361 e. The molecule has 1 aliphatic heterocycles. The first kappa shape index (κ1) is 14.4. The van der Waals surface area contributed by atoms with Crippen LogP contribution in [-0.2, 0) is 6.54 Å². The van der Waals surface area contributed by atoms with Crippen molar-refractivity contribution in [1.29, 1.82) is 0 Å². The Morgan fingerprint density at radius 2 is 2.21 bits per heavy atom. The Bertz CT molecular complexity index is 441. The zero-order valence-corrected chi connectivity index (χ0v) is 12.8. The van der Waals surface area contributed by atoms with Crippen molar-refractivity contribution in [3.8, 4) is 0 Å². The third-order valence-corrected chi connectivity index (χ3v) is 5.15. The molecule has 0 saturated heterocycles. The van der Waals surface area contributed by atoms with Crippen molar-refractivity contribution in [2.75, 3.05) is 6.54 Å². The topological polar surface area (TPSA) is 37.3 Å². The standard InChI is InChI=1S/C15H23N3S/c1-4-12(5-2)14-10-18-15(19-14)17-9-13-6-7-16-8-11(13)3/h6-8,12,14H,4-5,9-10H2,1-3H3,(H,17,18). The normalized spacial score (nSPS) is 18.7. The molecule has 1 aliphatic rings. The summed E-state index contributed by atoms with van der Waals surface area (Å²) >= 11 is 1.92. The van der Waals surface area contributed by atoms with Crippen LogP contribution in [0.2, 0.25) is 0 Å². The first-order valence-electron chi connectivity index (χ1n) is 7.09. The lowest BCUT2D eigenvalue weighted by Gasteiger charge is -2.18. The molecule has 0 spiro atoms. The summed E-state index contributed by atoms with van der Waals surface area (Å²) in [4.78, 5) is 8.75. The summed E-state index contributed by atoms with van der Waals surface area (Å²) in [5.41, 5.74) is 2.53. The number of thioether (sulfide) groups is 1. The summed E-state index contributed by atoms with van der Waals surface area (Å²) in [6.07, 6.45) is 6.26. The lowest BCUT2D eigenvalue weighted by atomic mass is 9.99. The lowest BCUT2D eigenvalue weighted by molar-refractivity contribution is 0.479. The van der Waals surface area contributed by atoms with E-state index in [4.69, 9.17) is 0 Å². The molecule has 1 atom stereocenters. The molecule has 1 N–H and O–H groups in total. The molecule has 0 aromatic carbocycles. The number of rotatable bonds is 5. The molecule has 0 saturated carbocycles. The summed E-state index contributed by atoms with van der Waals surface area (Å²) in [5, 5.41) is 5.22. The van der Waals surface area contributed by atoms with Crippen LogP contribution in [-0.4, -0.2) is 21.9 Å². The number of hydrogen-bond donors (Lipinski definition) is 1. The molecule has 2 heterocycles. The number of amidine groups is 1. The zero-order valence-electron chi connectivity index (χ0n) is 12.0. The molecule has 4 heteroatoms. The fourth-order valence-electron chi connectivity index (χ4n) is 2.42. The highest BCUT2D eigenvalue weighted by molar-refractivity contribution is 8.14. The van der Waals surface area contributed by atoms with Crippen LogP contribution in [0.4, 0.5) is 0 Å². The van der Waals surface area contributed by atoms with E-state index in [1.165, 1.54) is 24.0 Å². The molecule has 0 bridgehead atoms. The van der Waals surface area contributed by atoms with E-state index in [2.05, 4.69) is 42.1 Å². The first-order valence-corrected chi connectivity index (χ1v) is 7.97. The number of aryl methyl sites for hydroxylation is 1. The van der Waals surface area contributed by atoms with Gasteiger partial charge in [-0.05, 0) is 30.0 Å². The Hall–Kier alpha value is -1.03. The molecule has 19 heavy (non-hydrogen) atoms. The van der Waals surface area contributed by atoms with E-state index in [0.717, 1.165) is 24.2 Å². The molecule has 2 rings (SSSR count). The van der Waals surface area contributed by atoms with Crippen LogP contribution < -0.4 is 5.32 Å². The Balaban J connectivity index is 1.84. The van der Waals surface area contributed by atoms with Crippen LogP contribution in [0.15, 0.2) is 23.5 Å². The third-order valence-electron chi connectivity index (χ3n) is 3.82. The van der Waals surface area contributed by atoms with Crippen molar-refractivity contribution in [2.24, 2.45) is 10.9 Å². The van der Waals surface area contributed by atoms with Gasteiger partial charge in [0.05, 0.1) is 6.54 Å². The predicted octanol–water partition coefficient (Wildman–Crippen LogP) is 3.39. The SMILES string of the molecule is CCC(CC)C1CN=C(NCc2ccncc2C)S1. The molecule has 0 amide bonds. The monoisotopic (exact) mass is 277 g/mol. The van der Waals surface area contributed by atoms with Gasteiger partial charge in [-0.3, -0.25) is 9.98 Å². The number of nitrogens with zero attached hydrogens (tertiary/aromatic N) is 2. The number of pyridine rings is 1. The Kier molecular flexibility index (Phi) is 5.25. The second kappa shape index (κ2) is 6.94. The maximum Gasteiger partial charge on any atom is 0.157 e. The number of hydrogen-bond acceptors (Lipinski definition) is 4. The Labute approximate surface area is 120 Å². The summed E-state index contributed by atoms with van der Waals surface area (Å²) in [6.45, 7) is 8.46. The smallest absolute Gasteiger partial charge is 0.157 e. The largest absolute Gasteiger partial charge is 0.361 e. The molecule has 0 fully saturated rings. The molecule has 0 aliphatic carbocycles.